The van der Waals surface area contributed by atoms with Crippen LogP contribution in [-0.2, 0) is 11.2 Å². The van der Waals surface area contributed by atoms with Gasteiger partial charge in [0.25, 0.3) is 5.91 Å². The van der Waals surface area contributed by atoms with Crippen LogP contribution < -0.4 is 10.1 Å². The monoisotopic (exact) mass is 283 g/mol. The first-order valence-corrected chi connectivity index (χ1v) is 7.21. The van der Waals surface area contributed by atoms with E-state index in [-0.39, 0.29) is 5.91 Å². The quantitative estimate of drug-likeness (QED) is 0.902. The summed E-state index contributed by atoms with van der Waals surface area (Å²) >= 11 is 0. The van der Waals surface area contributed by atoms with Crippen molar-refractivity contribution in [2.75, 3.05) is 5.32 Å². The van der Waals surface area contributed by atoms with Gasteiger partial charge in [-0.3, -0.25) is 4.79 Å². The molecule has 2 rings (SSSR count). The molecule has 0 fully saturated rings. The molecule has 0 aliphatic heterocycles. The van der Waals surface area contributed by atoms with Crippen LogP contribution in [0.15, 0.2) is 48.5 Å². The normalized spacial score (nSPS) is 11.8. The summed E-state index contributed by atoms with van der Waals surface area (Å²) in [6.07, 6.45) is 0.447. The number of benzene rings is 2. The van der Waals surface area contributed by atoms with Crippen molar-refractivity contribution in [1.82, 2.24) is 0 Å². The number of hydrogen-bond donors (Lipinski definition) is 1. The van der Waals surface area contributed by atoms with Crippen molar-refractivity contribution in [3.63, 3.8) is 0 Å². The third kappa shape index (κ3) is 4.35. The van der Waals surface area contributed by atoms with Gasteiger partial charge < -0.3 is 10.1 Å². The second kappa shape index (κ2) is 6.93. The Morgan fingerprint density at radius 1 is 1.10 bits per heavy atom. The number of nitrogens with one attached hydrogen (secondary N) is 1. The number of anilines is 1. The van der Waals surface area contributed by atoms with Gasteiger partial charge in [-0.1, -0.05) is 36.8 Å². The summed E-state index contributed by atoms with van der Waals surface area (Å²) in [5.41, 5.74) is 3.19. The molecule has 2 aromatic rings. The molecule has 110 valence electrons. The largest absolute Gasteiger partial charge is 0.481 e. The van der Waals surface area contributed by atoms with E-state index in [0.29, 0.717) is 5.75 Å². The molecular formula is C18H21NO2. The molecule has 0 saturated heterocycles. The summed E-state index contributed by atoms with van der Waals surface area (Å²) in [6.45, 7) is 5.86. The summed E-state index contributed by atoms with van der Waals surface area (Å²) in [6, 6.07) is 15.5. The zero-order valence-electron chi connectivity index (χ0n) is 12.7. The predicted molar refractivity (Wildman–Crippen MR) is 85.7 cm³/mol. The highest BCUT2D eigenvalue weighted by molar-refractivity contribution is 5.94. The first-order chi connectivity index (χ1) is 10.1. The lowest BCUT2D eigenvalue weighted by molar-refractivity contribution is -0.122. The van der Waals surface area contributed by atoms with Gasteiger partial charge in [0.05, 0.1) is 0 Å². The Bertz CT molecular complexity index is 588. The number of carbonyl (C=O) groups is 1. The zero-order chi connectivity index (χ0) is 15.2. The van der Waals surface area contributed by atoms with Gasteiger partial charge in [0, 0.05) is 5.69 Å². The number of rotatable bonds is 5. The van der Waals surface area contributed by atoms with Gasteiger partial charge in [-0.2, -0.15) is 0 Å². The fourth-order valence-corrected chi connectivity index (χ4v) is 1.94. The fraction of sp³-hybridized carbons (Fsp3) is 0.278. The van der Waals surface area contributed by atoms with Gasteiger partial charge in [-0.05, 0) is 50.1 Å². The molecule has 0 unspecified atom stereocenters. The summed E-state index contributed by atoms with van der Waals surface area (Å²) in [7, 11) is 0. The van der Waals surface area contributed by atoms with Gasteiger partial charge in [-0.15, -0.1) is 0 Å². The molecule has 3 heteroatoms. The highest BCUT2D eigenvalue weighted by atomic mass is 16.5. The van der Waals surface area contributed by atoms with Crippen molar-refractivity contribution in [2.45, 2.75) is 33.3 Å². The summed E-state index contributed by atoms with van der Waals surface area (Å²) < 4.78 is 5.66. The van der Waals surface area contributed by atoms with E-state index in [2.05, 4.69) is 12.2 Å². The molecule has 1 N–H and O–H groups in total. The minimum Gasteiger partial charge on any atom is -0.481 e. The molecule has 0 radical (unpaired) electrons. The molecule has 0 heterocycles. The highest BCUT2D eigenvalue weighted by Gasteiger charge is 2.14. The Balaban J connectivity index is 1.93. The summed E-state index contributed by atoms with van der Waals surface area (Å²) in [4.78, 5) is 12.1. The smallest absolute Gasteiger partial charge is 0.265 e. The predicted octanol–water partition coefficient (Wildman–Crippen LogP) is 3.96. The van der Waals surface area contributed by atoms with Crippen molar-refractivity contribution in [2.24, 2.45) is 0 Å². The van der Waals surface area contributed by atoms with Crippen LogP contribution in [0.25, 0.3) is 0 Å². The van der Waals surface area contributed by atoms with E-state index in [4.69, 9.17) is 4.74 Å². The number of amides is 1. The molecule has 0 aliphatic rings. The molecule has 0 aromatic heterocycles. The third-order valence-electron chi connectivity index (χ3n) is 3.33. The van der Waals surface area contributed by atoms with Crippen LogP contribution in [0.5, 0.6) is 5.75 Å². The highest BCUT2D eigenvalue weighted by Crippen LogP contribution is 2.15. The van der Waals surface area contributed by atoms with Crippen molar-refractivity contribution < 1.29 is 9.53 Å². The molecule has 0 saturated carbocycles. The van der Waals surface area contributed by atoms with Crippen LogP contribution in [0.4, 0.5) is 5.69 Å². The van der Waals surface area contributed by atoms with Gasteiger partial charge in [0.2, 0.25) is 0 Å². The van der Waals surface area contributed by atoms with Crippen LogP contribution in [0.3, 0.4) is 0 Å². The first kappa shape index (κ1) is 15.1. The maximum atomic E-state index is 12.1. The van der Waals surface area contributed by atoms with E-state index in [9.17, 15) is 4.79 Å². The minimum absolute atomic E-state index is 0.154. The Labute approximate surface area is 126 Å². The van der Waals surface area contributed by atoms with Gasteiger partial charge in [-0.25, -0.2) is 0 Å². The average Bonchev–Trinajstić information content (AvgIpc) is 2.50. The van der Waals surface area contributed by atoms with Crippen molar-refractivity contribution >= 4 is 11.6 Å². The standard InChI is InChI=1S/C18H21NO2/c1-4-15-7-11-17(12-8-15)21-14(3)18(20)19-16-9-5-13(2)6-10-16/h5-12,14H,4H2,1-3H3,(H,19,20)/t14-/m0/s1. The van der Waals surface area contributed by atoms with Crippen LogP contribution in [0.1, 0.15) is 25.0 Å². The van der Waals surface area contributed by atoms with E-state index in [1.807, 2.05) is 55.5 Å². The van der Waals surface area contributed by atoms with Gasteiger partial charge >= 0.3 is 0 Å². The third-order valence-corrected chi connectivity index (χ3v) is 3.33. The van der Waals surface area contributed by atoms with E-state index in [0.717, 1.165) is 17.7 Å². The maximum absolute atomic E-state index is 12.1. The van der Waals surface area contributed by atoms with Gasteiger partial charge in [0.15, 0.2) is 6.10 Å². The molecule has 0 aliphatic carbocycles. The fourth-order valence-electron chi connectivity index (χ4n) is 1.94. The molecule has 2 aromatic carbocycles. The Hall–Kier alpha value is -2.29. The summed E-state index contributed by atoms with van der Waals surface area (Å²) in [5.74, 6) is 0.553. The van der Waals surface area contributed by atoms with Crippen molar-refractivity contribution in [1.29, 1.82) is 0 Å². The van der Waals surface area contributed by atoms with Crippen molar-refractivity contribution in [3.8, 4) is 5.75 Å². The SMILES string of the molecule is CCc1ccc(O[C@@H](C)C(=O)Nc2ccc(C)cc2)cc1. The van der Waals surface area contributed by atoms with E-state index >= 15 is 0 Å². The van der Waals surface area contributed by atoms with E-state index in [1.165, 1.54) is 5.56 Å². The maximum Gasteiger partial charge on any atom is 0.265 e. The molecule has 0 spiro atoms. The zero-order valence-corrected chi connectivity index (χ0v) is 12.7. The lowest BCUT2D eigenvalue weighted by atomic mass is 10.2. The van der Waals surface area contributed by atoms with Crippen LogP contribution in [0.2, 0.25) is 0 Å². The second-order valence-corrected chi connectivity index (χ2v) is 5.11. The molecule has 21 heavy (non-hydrogen) atoms. The Morgan fingerprint density at radius 3 is 2.29 bits per heavy atom. The lowest BCUT2D eigenvalue weighted by Crippen LogP contribution is -2.30. The molecule has 0 bridgehead atoms. The van der Waals surface area contributed by atoms with E-state index in [1.54, 1.807) is 6.92 Å². The molecular weight excluding hydrogens is 262 g/mol. The Kier molecular flexibility index (Phi) is 4.99. The topological polar surface area (TPSA) is 38.3 Å². The number of hydrogen-bond acceptors (Lipinski definition) is 2. The molecule has 3 nitrogen and oxygen atoms in total. The summed E-state index contributed by atoms with van der Waals surface area (Å²) in [5, 5.41) is 2.85. The number of aryl methyl sites for hydroxylation is 2. The van der Waals surface area contributed by atoms with Crippen LogP contribution >= 0.6 is 0 Å². The van der Waals surface area contributed by atoms with E-state index < -0.39 is 6.10 Å². The lowest BCUT2D eigenvalue weighted by Gasteiger charge is -2.15. The second-order valence-electron chi connectivity index (χ2n) is 5.11. The molecule has 1 amide bonds. The molecule has 1 atom stereocenters. The Morgan fingerprint density at radius 2 is 1.71 bits per heavy atom. The van der Waals surface area contributed by atoms with Crippen molar-refractivity contribution in [3.05, 3.63) is 59.7 Å². The average molecular weight is 283 g/mol. The van der Waals surface area contributed by atoms with Crippen LogP contribution in [-0.4, -0.2) is 12.0 Å². The minimum atomic E-state index is -0.543. The van der Waals surface area contributed by atoms with Crippen LogP contribution in [0, 0.1) is 6.92 Å². The van der Waals surface area contributed by atoms with Gasteiger partial charge in [0.1, 0.15) is 5.75 Å². The number of carbonyl (C=O) groups excluding carboxylic acids is 1. The number of ether oxygens (including phenoxy) is 1. The first-order valence-electron chi connectivity index (χ1n) is 7.21.